The third-order valence-electron chi connectivity index (χ3n) is 4.90. The molecule has 1 heterocycles. The van der Waals surface area contributed by atoms with Gasteiger partial charge in [0.2, 0.25) is 0 Å². The van der Waals surface area contributed by atoms with Crippen LogP contribution in [0.25, 0.3) is 0 Å². The van der Waals surface area contributed by atoms with Gasteiger partial charge in [-0.2, -0.15) is 0 Å². The van der Waals surface area contributed by atoms with Crippen LogP contribution in [0.15, 0.2) is 48.5 Å². The maximum absolute atomic E-state index is 9.60. The zero-order valence-corrected chi connectivity index (χ0v) is 15.8. The summed E-state index contributed by atoms with van der Waals surface area (Å²) < 4.78 is 16.5. The predicted octanol–water partition coefficient (Wildman–Crippen LogP) is 3.94. The van der Waals surface area contributed by atoms with Gasteiger partial charge in [0.15, 0.2) is 0 Å². The van der Waals surface area contributed by atoms with Crippen molar-refractivity contribution in [3.8, 4) is 11.5 Å². The van der Waals surface area contributed by atoms with Crippen LogP contribution in [-0.4, -0.2) is 37.1 Å². The molecule has 1 aliphatic heterocycles. The minimum atomic E-state index is -0.418. The lowest BCUT2D eigenvalue weighted by atomic mass is 9.78. The Kier molecular flexibility index (Phi) is 5.84. The first kappa shape index (κ1) is 18.7. The second-order valence-electron chi connectivity index (χ2n) is 7.31. The second-order valence-corrected chi connectivity index (χ2v) is 7.31. The molecular formula is C22H28O4. The van der Waals surface area contributed by atoms with E-state index in [1.165, 1.54) is 11.1 Å². The molecule has 2 unspecified atom stereocenters. The number of epoxide rings is 1. The Labute approximate surface area is 155 Å². The van der Waals surface area contributed by atoms with Crippen molar-refractivity contribution in [3.63, 3.8) is 0 Å². The molecule has 26 heavy (non-hydrogen) atoms. The van der Waals surface area contributed by atoms with E-state index in [1.807, 2.05) is 31.2 Å². The highest BCUT2D eigenvalue weighted by Crippen LogP contribution is 2.33. The summed E-state index contributed by atoms with van der Waals surface area (Å²) >= 11 is 0. The topological polar surface area (TPSA) is 51.2 Å². The van der Waals surface area contributed by atoms with Gasteiger partial charge in [-0.25, -0.2) is 0 Å². The van der Waals surface area contributed by atoms with E-state index < -0.39 is 6.10 Å². The molecule has 0 aliphatic carbocycles. The highest BCUT2D eigenvalue weighted by Gasteiger charge is 2.24. The quantitative estimate of drug-likeness (QED) is 0.692. The molecule has 0 radical (unpaired) electrons. The Morgan fingerprint density at radius 2 is 1.50 bits per heavy atom. The molecule has 1 saturated heterocycles. The summed E-state index contributed by atoms with van der Waals surface area (Å²) in [5, 5.41) is 9.60. The molecular weight excluding hydrogens is 328 g/mol. The molecule has 2 aromatic carbocycles. The van der Waals surface area contributed by atoms with Crippen LogP contribution in [-0.2, 0) is 10.2 Å². The molecule has 2 aromatic rings. The lowest BCUT2D eigenvalue weighted by molar-refractivity contribution is 0.104. The molecule has 4 nitrogen and oxygen atoms in total. The van der Waals surface area contributed by atoms with Gasteiger partial charge >= 0.3 is 0 Å². The first-order chi connectivity index (χ1) is 12.5. The lowest BCUT2D eigenvalue weighted by Crippen LogP contribution is -2.19. The predicted molar refractivity (Wildman–Crippen MR) is 102 cm³/mol. The van der Waals surface area contributed by atoms with Crippen molar-refractivity contribution in [2.45, 2.75) is 44.8 Å². The SMILES string of the molecule is CCC(O)COc1ccc(C(C)(C)c2ccc(OCC3CO3)cc2)cc1. The van der Waals surface area contributed by atoms with Crippen molar-refractivity contribution in [2.24, 2.45) is 0 Å². The summed E-state index contributed by atoms with van der Waals surface area (Å²) in [7, 11) is 0. The Bertz CT molecular complexity index is 687. The van der Waals surface area contributed by atoms with E-state index in [1.54, 1.807) is 0 Å². The Morgan fingerprint density at radius 1 is 1.00 bits per heavy atom. The van der Waals surface area contributed by atoms with Crippen LogP contribution in [0.3, 0.4) is 0 Å². The molecule has 0 aromatic heterocycles. The molecule has 1 fully saturated rings. The first-order valence-electron chi connectivity index (χ1n) is 9.25. The number of hydrogen-bond donors (Lipinski definition) is 1. The zero-order valence-electron chi connectivity index (χ0n) is 15.8. The van der Waals surface area contributed by atoms with Crippen LogP contribution in [0, 0.1) is 0 Å². The number of aliphatic hydroxyl groups excluding tert-OH is 1. The van der Waals surface area contributed by atoms with Crippen molar-refractivity contribution in [3.05, 3.63) is 59.7 Å². The van der Waals surface area contributed by atoms with E-state index in [2.05, 4.69) is 38.1 Å². The van der Waals surface area contributed by atoms with Crippen LogP contribution in [0.1, 0.15) is 38.3 Å². The summed E-state index contributed by atoms with van der Waals surface area (Å²) in [4.78, 5) is 0. The van der Waals surface area contributed by atoms with Gasteiger partial charge in [0.05, 0.1) is 12.7 Å². The summed E-state index contributed by atoms with van der Waals surface area (Å²) in [6, 6.07) is 16.4. The van der Waals surface area contributed by atoms with Gasteiger partial charge in [-0.05, 0) is 41.8 Å². The average Bonchev–Trinajstić information content (AvgIpc) is 3.49. The first-order valence-corrected chi connectivity index (χ1v) is 9.25. The summed E-state index contributed by atoms with van der Waals surface area (Å²) in [5.41, 5.74) is 2.31. The lowest BCUT2D eigenvalue weighted by Gasteiger charge is -2.26. The van der Waals surface area contributed by atoms with E-state index in [9.17, 15) is 5.11 Å². The number of hydrogen-bond acceptors (Lipinski definition) is 4. The van der Waals surface area contributed by atoms with Gasteiger partial charge in [-0.15, -0.1) is 0 Å². The van der Waals surface area contributed by atoms with E-state index in [0.29, 0.717) is 19.6 Å². The molecule has 0 spiro atoms. The molecule has 0 amide bonds. The molecule has 140 valence electrons. The Balaban J connectivity index is 1.64. The van der Waals surface area contributed by atoms with Gasteiger partial charge < -0.3 is 19.3 Å². The normalized spacial score (nSPS) is 17.6. The highest BCUT2D eigenvalue weighted by molar-refractivity contribution is 5.41. The Morgan fingerprint density at radius 3 is 1.96 bits per heavy atom. The molecule has 1 aliphatic rings. The fourth-order valence-electron chi connectivity index (χ4n) is 2.77. The molecule has 4 heteroatoms. The van der Waals surface area contributed by atoms with Crippen molar-refractivity contribution in [1.82, 2.24) is 0 Å². The minimum absolute atomic E-state index is 0.125. The summed E-state index contributed by atoms with van der Waals surface area (Å²) in [5.74, 6) is 1.65. The highest BCUT2D eigenvalue weighted by atomic mass is 16.6. The molecule has 2 atom stereocenters. The maximum atomic E-state index is 9.60. The number of benzene rings is 2. The zero-order chi connectivity index (χ0) is 18.6. The summed E-state index contributed by atoms with van der Waals surface area (Å²) in [6.07, 6.45) is 0.544. The van der Waals surface area contributed by atoms with Crippen molar-refractivity contribution < 1.29 is 19.3 Å². The molecule has 0 saturated carbocycles. The van der Waals surface area contributed by atoms with E-state index in [0.717, 1.165) is 18.1 Å². The van der Waals surface area contributed by atoms with Crippen LogP contribution < -0.4 is 9.47 Å². The van der Waals surface area contributed by atoms with Gasteiger partial charge in [-0.3, -0.25) is 0 Å². The number of rotatable bonds is 9. The van der Waals surface area contributed by atoms with E-state index in [4.69, 9.17) is 14.2 Å². The summed E-state index contributed by atoms with van der Waals surface area (Å²) in [6.45, 7) is 8.11. The fraction of sp³-hybridized carbons (Fsp3) is 0.455. The third-order valence-corrected chi connectivity index (χ3v) is 4.90. The van der Waals surface area contributed by atoms with E-state index in [-0.39, 0.29) is 11.5 Å². The fourth-order valence-corrected chi connectivity index (χ4v) is 2.77. The van der Waals surface area contributed by atoms with E-state index >= 15 is 0 Å². The third kappa shape index (κ3) is 4.77. The van der Waals surface area contributed by atoms with Crippen molar-refractivity contribution in [2.75, 3.05) is 19.8 Å². The van der Waals surface area contributed by atoms with Crippen LogP contribution >= 0.6 is 0 Å². The maximum Gasteiger partial charge on any atom is 0.119 e. The van der Waals surface area contributed by atoms with Gasteiger partial charge in [-0.1, -0.05) is 45.0 Å². The molecule has 3 rings (SSSR count). The number of aliphatic hydroxyl groups is 1. The van der Waals surface area contributed by atoms with Crippen LogP contribution in [0.4, 0.5) is 0 Å². The van der Waals surface area contributed by atoms with Crippen molar-refractivity contribution >= 4 is 0 Å². The standard InChI is InChI=1S/C22H28O4/c1-4-18(23)13-24-19-9-5-16(6-10-19)22(2,3)17-7-11-20(12-8-17)25-14-21-15-26-21/h5-12,18,21,23H,4,13-15H2,1-3H3. The molecule has 0 bridgehead atoms. The van der Waals surface area contributed by atoms with Crippen LogP contribution in [0.2, 0.25) is 0 Å². The van der Waals surface area contributed by atoms with Crippen LogP contribution in [0.5, 0.6) is 11.5 Å². The monoisotopic (exact) mass is 356 g/mol. The smallest absolute Gasteiger partial charge is 0.119 e. The van der Waals surface area contributed by atoms with Crippen molar-refractivity contribution in [1.29, 1.82) is 0 Å². The number of ether oxygens (including phenoxy) is 3. The largest absolute Gasteiger partial charge is 0.491 e. The molecule has 1 N–H and O–H groups in total. The average molecular weight is 356 g/mol. The second kappa shape index (κ2) is 8.11. The van der Waals surface area contributed by atoms with Gasteiger partial charge in [0, 0.05) is 5.41 Å². The minimum Gasteiger partial charge on any atom is -0.491 e. The van der Waals surface area contributed by atoms with Gasteiger partial charge in [0.1, 0.15) is 30.8 Å². The Hall–Kier alpha value is -2.04. The van der Waals surface area contributed by atoms with Gasteiger partial charge in [0.25, 0.3) is 0 Å².